The molecule has 0 bridgehead atoms. The van der Waals surface area contributed by atoms with Gasteiger partial charge in [0.2, 0.25) is 12.3 Å². The fourth-order valence-corrected chi connectivity index (χ4v) is 2.46. The largest absolute Gasteiger partial charge is 0.464 e. The lowest BCUT2D eigenvalue weighted by Crippen LogP contribution is -2.33. The summed E-state index contributed by atoms with van der Waals surface area (Å²) in [5.41, 5.74) is 9.77. The number of anilines is 1. The molecule has 5 N–H and O–H groups in total. The number of halogens is 5. The van der Waals surface area contributed by atoms with Gasteiger partial charge in [-0.2, -0.15) is 23.3 Å². The number of hydrogen-bond acceptors (Lipinski definition) is 8. The van der Waals surface area contributed by atoms with Gasteiger partial charge in [0.1, 0.15) is 16.6 Å². The lowest BCUT2D eigenvalue weighted by Gasteiger charge is -2.22. The van der Waals surface area contributed by atoms with Crippen LogP contribution in [0.3, 0.4) is 0 Å². The van der Waals surface area contributed by atoms with Crippen molar-refractivity contribution in [2.75, 3.05) is 18.6 Å². The van der Waals surface area contributed by atoms with E-state index in [0.717, 1.165) is 17.3 Å². The van der Waals surface area contributed by atoms with Crippen molar-refractivity contribution in [1.82, 2.24) is 15.2 Å². The van der Waals surface area contributed by atoms with E-state index in [9.17, 15) is 27.2 Å². The van der Waals surface area contributed by atoms with Crippen molar-refractivity contribution in [2.24, 2.45) is 16.6 Å². The van der Waals surface area contributed by atoms with Crippen LogP contribution in [-0.2, 0) is 4.79 Å². The third kappa shape index (κ3) is 7.50. The third-order valence-corrected chi connectivity index (χ3v) is 4.37. The van der Waals surface area contributed by atoms with Gasteiger partial charge in [0, 0.05) is 13.6 Å². The maximum Gasteiger partial charge on any atom is 0.425 e. The van der Waals surface area contributed by atoms with E-state index >= 15 is 0 Å². The van der Waals surface area contributed by atoms with E-state index < -0.39 is 46.4 Å². The topological polar surface area (TPSA) is 139 Å². The molecule has 34 heavy (non-hydrogen) atoms. The first-order valence-electron chi connectivity index (χ1n) is 9.56. The number of carbonyl (C=O) groups is 2. The standard InChI is InChI=1S/C19H24ClF4N7O3/c1-5-31(9-32)11(3)29-30(4)16-13(21)8-12(17(33)27-14(6-7-25)15(20)26)18(28-16)34-10(2)19(22,23)24/h6-10H,5,25-26H2,1-4H3,(H,27,33)/b7-6-,15-14+,29-11-/t10-/m0/s1. The number of rotatable bonds is 9. The molecular formula is C19H24ClF4N7O3. The summed E-state index contributed by atoms with van der Waals surface area (Å²) in [6.45, 7) is 4.06. The molecule has 0 saturated carbocycles. The van der Waals surface area contributed by atoms with Crippen LogP contribution < -0.4 is 26.5 Å². The Morgan fingerprint density at radius 2 is 2.06 bits per heavy atom. The SMILES string of the molecule is CCN(C=O)/C(C)=N\N(C)c1nc(O[C@@H](C)C(F)(F)F)c(C(=O)NC(/C=C\N)=C(/N)Cl)cc1F. The summed E-state index contributed by atoms with van der Waals surface area (Å²) < 4.78 is 59.0. The van der Waals surface area contributed by atoms with Gasteiger partial charge in [-0.3, -0.25) is 9.59 Å². The second kappa shape index (κ2) is 12.1. The zero-order chi connectivity index (χ0) is 26.2. The lowest BCUT2D eigenvalue weighted by molar-refractivity contribution is -0.190. The molecule has 1 heterocycles. The van der Waals surface area contributed by atoms with Gasteiger partial charge in [-0.1, -0.05) is 11.6 Å². The highest BCUT2D eigenvalue weighted by Gasteiger charge is 2.39. The Bertz CT molecular complexity index is 995. The average molecular weight is 510 g/mol. The van der Waals surface area contributed by atoms with Crippen LogP contribution in [0.5, 0.6) is 5.88 Å². The third-order valence-electron chi connectivity index (χ3n) is 4.17. The molecular weight excluding hydrogens is 486 g/mol. The molecule has 0 aliphatic rings. The number of nitrogens with two attached hydrogens (primary N) is 2. The molecule has 0 unspecified atom stereocenters. The average Bonchev–Trinajstić information content (AvgIpc) is 2.74. The zero-order valence-electron chi connectivity index (χ0n) is 18.7. The van der Waals surface area contributed by atoms with Crippen LogP contribution >= 0.6 is 11.6 Å². The van der Waals surface area contributed by atoms with E-state index in [-0.39, 0.29) is 18.1 Å². The Labute approximate surface area is 197 Å². The molecule has 1 atom stereocenters. The molecule has 188 valence electrons. The first-order chi connectivity index (χ1) is 15.8. The van der Waals surface area contributed by atoms with Crippen molar-refractivity contribution in [2.45, 2.75) is 33.1 Å². The van der Waals surface area contributed by atoms with E-state index in [1.807, 2.05) is 0 Å². The number of nitrogens with one attached hydrogen (secondary N) is 1. The quantitative estimate of drug-likeness (QED) is 0.0883. The second-order valence-corrected chi connectivity index (χ2v) is 6.99. The summed E-state index contributed by atoms with van der Waals surface area (Å²) in [7, 11) is 1.24. The molecule has 2 amide bonds. The van der Waals surface area contributed by atoms with Crippen LogP contribution in [-0.4, -0.2) is 53.9 Å². The Morgan fingerprint density at radius 3 is 2.53 bits per heavy atom. The van der Waals surface area contributed by atoms with Crippen LogP contribution in [0, 0.1) is 5.82 Å². The maximum absolute atomic E-state index is 14.9. The molecule has 15 heteroatoms. The molecule has 1 aromatic rings. The van der Waals surface area contributed by atoms with E-state index in [1.54, 1.807) is 6.92 Å². The summed E-state index contributed by atoms with van der Waals surface area (Å²) in [4.78, 5) is 28.7. The highest BCUT2D eigenvalue weighted by molar-refractivity contribution is 6.29. The molecule has 10 nitrogen and oxygen atoms in total. The van der Waals surface area contributed by atoms with Gasteiger partial charge in [-0.05, 0) is 39.1 Å². The molecule has 0 aliphatic carbocycles. The summed E-state index contributed by atoms with van der Waals surface area (Å²) >= 11 is 5.65. The number of carbonyl (C=O) groups excluding carboxylic acids is 2. The Kier molecular flexibility index (Phi) is 10.1. The van der Waals surface area contributed by atoms with Gasteiger partial charge in [-0.15, -0.1) is 0 Å². The number of amidine groups is 1. The minimum Gasteiger partial charge on any atom is -0.464 e. The molecule has 0 fully saturated rings. The number of amides is 2. The van der Waals surface area contributed by atoms with Gasteiger partial charge in [0.05, 0.1) is 5.70 Å². The van der Waals surface area contributed by atoms with Crippen LogP contribution in [0.15, 0.2) is 34.3 Å². The summed E-state index contributed by atoms with van der Waals surface area (Å²) in [5.74, 6) is -3.51. The predicted molar refractivity (Wildman–Crippen MR) is 118 cm³/mol. The van der Waals surface area contributed by atoms with Crippen molar-refractivity contribution in [3.63, 3.8) is 0 Å². The van der Waals surface area contributed by atoms with Gasteiger partial charge >= 0.3 is 6.18 Å². The fraction of sp³-hybridized carbons (Fsp3) is 0.368. The van der Waals surface area contributed by atoms with E-state index in [4.69, 9.17) is 27.8 Å². The lowest BCUT2D eigenvalue weighted by atomic mass is 10.2. The van der Waals surface area contributed by atoms with Gasteiger partial charge in [0.15, 0.2) is 17.7 Å². The van der Waals surface area contributed by atoms with E-state index in [2.05, 4.69) is 15.4 Å². The fourth-order valence-electron chi connectivity index (χ4n) is 2.34. The second-order valence-electron chi connectivity index (χ2n) is 6.59. The number of hydrazone groups is 1. The molecule has 0 aliphatic heterocycles. The summed E-state index contributed by atoms with van der Waals surface area (Å²) in [6, 6.07) is 0.614. The number of nitrogens with zero attached hydrogens (tertiary/aromatic N) is 4. The van der Waals surface area contributed by atoms with Crippen LogP contribution in [0.1, 0.15) is 31.1 Å². The smallest absolute Gasteiger partial charge is 0.425 e. The van der Waals surface area contributed by atoms with Crippen LogP contribution in [0.25, 0.3) is 0 Å². The minimum absolute atomic E-state index is 0.148. The number of aromatic nitrogens is 1. The molecule has 0 saturated heterocycles. The molecule has 0 aromatic carbocycles. The van der Waals surface area contributed by atoms with Gasteiger partial charge in [0.25, 0.3) is 5.91 Å². The number of alkyl halides is 3. The molecule has 0 spiro atoms. The number of ether oxygens (including phenoxy) is 1. The monoisotopic (exact) mass is 509 g/mol. The Balaban J connectivity index is 3.57. The summed E-state index contributed by atoms with van der Waals surface area (Å²) in [5, 5.41) is 6.66. The number of allylic oxidation sites excluding steroid dienone is 1. The number of hydrogen-bond donors (Lipinski definition) is 3. The van der Waals surface area contributed by atoms with Crippen molar-refractivity contribution >= 4 is 35.6 Å². The first kappa shape index (κ1) is 28.5. The zero-order valence-corrected chi connectivity index (χ0v) is 19.4. The Hall–Kier alpha value is -3.55. The van der Waals surface area contributed by atoms with Crippen LogP contribution in [0.4, 0.5) is 23.4 Å². The highest BCUT2D eigenvalue weighted by atomic mass is 35.5. The maximum atomic E-state index is 14.9. The Morgan fingerprint density at radius 1 is 1.44 bits per heavy atom. The minimum atomic E-state index is -4.82. The normalized spacial score (nSPS) is 13.9. The predicted octanol–water partition coefficient (Wildman–Crippen LogP) is 2.37. The first-order valence-corrected chi connectivity index (χ1v) is 9.94. The van der Waals surface area contributed by atoms with Crippen molar-refractivity contribution in [3.05, 3.63) is 40.6 Å². The van der Waals surface area contributed by atoms with Crippen molar-refractivity contribution in [1.29, 1.82) is 0 Å². The molecule has 1 aromatic heterocycles. The molecule has 1 rings (SSSR count). The van der Waals surface area contributed by atoms with Gasteiger partial charge in [-0.25, -0.2) is 9.40 Å². The van der Waals surface area contributed by atoms with E-state index in [1.165, 1.54) is 18.9 Å². The van der Waals surface area contributed by atoms with Gasteiger partial charge < -0.3 is 26.4 Å². The van der Waals surface area contributed by atoms with E-state index in [0.29, 0.717) is 19.4 Å². The van der Waals surface area contributed by atoms with Crippen molar-refractivity contribution < 1.29 is 31.9 Å². The molecule has 0 radical (unpaired) electrons. The van der Waals surface area contributed by atoms with Crippen LogP contribution in [0.2, 0.25) is 0 Å². The highest BCUT2D eigenvalue weighted by Crippen LogP contribution is 2.30. The number of pyridine rings is 1. The summed E-state index contributed by atoms with van der Waals surface area (Å²) in [6.07, 6.45) is -4.63. The van der Waals surface area contributed by atoms with Crippen molar-refractivity contribution in [3.8, 4) is 5.88 Å².